The van der Waals surface area contributed by atoms with Crippen LogP contribution >= 0.6 is 0 Å². The fourth-order valence-corrected chi connectivity index (χ4v) is 2.23. The number of nitrogens with one attached hydrogen (secondary N) is 1. The van der Waals surface area contributed by atoms with Crippen molar-refractivity contribution in [2.24, 2.45) is 0 Å². The van der Waals surface area contributed by atoms with Gasteiger partial charge in [-0.15, -0.1) is 0 Å². The van der Waals surface area contributed by atoms with E-state index in [1.54, 1.807) is 4.90 Å². The van der Waals surface area contributed by atoms with Crippen LogP contribution in [0.1, 0.15) is 11.1 Å². The predicted molar refractivity (Wildman–Crippen MR) is 72.4 cm³/mol. The van der Waals surface area contributed by atoms with Crippen molar-refractivity contribution in [3.05, 3.63) is 35.4 Å². The Hall–Kier alpha value is -2.08. The summed E-state index contributed by atoms with van der Waals surface area (Å²) in [6, 6.07) is 7.75. The number of aliphatic carboxylic acids is 1. The number of hydrogen-bond acceptors (Lipinski definition) is 3. The first-order valence-electron chi connectivity index (χ1n) is 6.47. The molecule has 0 fully saturated rings. The number of carboxylic acid groups (broad SMARTS) is 1. The standard InChI is InChI=1S/C14H18N2O4/c1-20-12(13(17)18)8-15-14(19)16-7-6-10-4-2-3-5-11(10)9-16/h2-5,12H,6-9H2,1H3,(H,15,19)(H,17,18). The lowest BCUT2D eigenvalue weighted by atomic mass is 10.0. The van der Waals surface area contributed by atoms with Gasteiger partial charge in [-0.2, -0.15) is 0 Å². The highest BCUT2D eigenvalue weighted by Crippen LogP contribution is 2.18. The van der Waals surface area contributed by atoms with Crippen LogP contribution in [-0.2, 0) is 22.5 Å². The fraction of sp³-hybridized carbons (Fsp3) is 0.429. The van der Waals surface area contributed by atoms with Gasteiger partial charge in [-0.05, 0) is 17.5 Å². The summed E-state index contributed by atoms with van der Waals surface area (Å²) in [5, 5.41) is 11.4. The quantitative estimate of drug-likeness (QED) is 0.856. The smallest absolute Gasteiger partial charge is 0.334 e. The summed E-state index contributed by atoms with van der Waals surface area (Å²) in [6.45, 7) is 1.14. The molecule has 1 aliphatic rings. The molecular weight excluding hydrogens is 260 g/mol. The summed E-state index contributed by atoms with van der Waals surface area (Å²) >= 11 is 0. The van der Waals surface area contributed by atoms with Gasteiger partial charge in [0.05, 0.1) is 6.54 Å². The molecule has 20 heavy (non-hydrogen) atoms. The summed E-state index contributed by atoms with van der Waals surface area (Å²) in [4.78, 5) is 24.5. The third-order valence-corrected chi connectivity index (χ3v) is 3.42. The zero-order chi connectivity index (χ0) is 14.5. The maximum atomic E-state index is 12.0. The normalized spacial score (nSPS) is 15.3. The number of carbonyl (C=O) groups is 2. The molecule has 6 nitrogen and oxygen atoms in total. The van der Waals surface area contributed by atoms with Crippen molar-refractivity contribution >= 4 is 12.0 Å². The zero-order valence-electron chi connectivity index (χ0n) is 11.3. The van der Waals surface area contributed by atoms with Crippen LogP contribution in [0.15, 0.2) is 24.3 Å². The SMILES string of the molecule is COC(CNC(=O)N1CCc2ccccc2C1)C(=O)O. The molecular formula is C14H18N2O4. The molecule has 2 amide bonds. The topological polar surface area (TPSA) is 78.9 Å². The van der Waals surface area contributed by atoms with E-state index in [1.807, 2.05) is 18.2 Å². The Kier molecular flexibility index (Phi) is 4.57. The zero-order valence-corrected chi connectivity index (χ0v) is 11.3. The van der Waals surface area contributed by atoms with Crippen LogP contribution in [0.25, 0.3) is 0 Å². The molecule has 1 aromatic carbocycles. The molecule has 2 rings (SSSR count). The highest BCUT2D eigenvalue weighted by Gasteiger charge is 2.22. The second-order valence-electron chi connectivity index (χ2n) is 4.69. The van der Waals surface area contributed by atoms with Crippen molar-refractivity contribution in [2.45, 2.75) is 19.1 Å². The van der Waals surface area contributed by atoms with Gasteiger partial charge < -0.3 is 20.1 Å². The molecule has 1 unspecified atom stereocenters. The molecule has 0 radical (unpaired) electrons. The van der Waals surface area contributed by atoms with Crippen molar-refractivity contribution < 1.29 is 19.4 Å². The van der Waals surface area contributed by atoms with Gasteiger partial charge in [0.15, 0.2) is 6.10 Å². The Bertz CT molecular complexity index is 504. The number of urea groups is 1. The molecule has 1 heterocycles. The highest BCUT2D eigenvalue weighted by atomic mass is 16.5. The Morgan fingerprint density at radius 2 is 2.10 bits per heavy atom. The minimum absolute atomic E-state index is 0.0389. The number of fused-ring (bicyclic) bond motifs is 1. The molecule has 1 aliphatic heterocycles. The van der Waals surface area contributed by atoms with Crippen LogP contribution in [-0.4, -0.2) is 48.3 Å². The highest BCUT2D eigenvalue weighted by molar-refractivity contribution is 5.77. The minimum atomic E-state index is -1.09. The predicted octanol–water partition coefficient (Wildman–Crippen LogP) is 0.854. The molecule has 2 N–H and O–H groups in total. The third-order valence-electron chi connectivity index (χ3n) is 3.42. The van der Waals surface area contributed by atoms with Crippen LogP contribution in [0.3, 0.4) is 0 Å². The number of benzene rings is 1. The molecule has 0 spiro atoms. The first-order chi connectivity index (χ1) is 9.61. The van der Waals surface area contributed by atoms with E-state index in [-0.39, 0.29) is 12.6 Å². The Morgan fingerprint density at radius 1 is 1.40 bits per heavy atom. The molecule has 0 saturated carbocycles. The maximum Gasteiger partial charge on any atom is 0.334 e. The molecule has 1 aromatic rings. The fourth-order valence-electron chi connectivity index (χ4n) is 2.23. The summed E-state index contributed by atoms with van der Waals surface area (Å²) in [5.41, 5.74) is 2.40. The Labute approximate surface area is 117 Å². The van der Waals surface area contributed by atoms with Crippen molar-refractivity contribution in [2.75, 3.05) is 20.2 Å². The van der Waals surface area contributed by atoms with Crippen molar-refractivity contribution in [1.82, 2.24) is 10.2 Å². The summed E-state index contributed by atoms with van der Waals surface area (Å²) in [7, 11) is 1.31. The molecule has 108 valence electrons. The number of nitrogens with zero attached hydrogens (tertiary/aromatic N) is 1. The molecule has 1 atom stereocenters. The van der Waals surface area contributed by atoms with Gasteiger partial charge in [0.2, 0.25) is 0 Å². The number of methoxy groups -OCH3 is 1. The van der Waals surface area contributed by atoms with Gasteiger partial charge in [-0.25, -0.2) is 9.59 Å². The first-order valence-corrected chi connectivity index (χ1v) is 6.47. The maximum absolute atomic E-state index is 12.0. The second-order valence-corrected chi connectivity index (χ2v) is 4.69. The number of hydrogen-bond donors (Lipinski definition) is 2. The number of carbonyl (C=O) groups excluding carboxylic acids is 1. The van der Waals surface area contributed by atoms with E-state index in [9.17, 15) is 9.59 Å². The van der Waals surface area contributed by atoms with E-state index < -0.39 is 12.1 Å². The lowest BCUT2D eigenvalue weighted by molar-refractivity contribution is -0.148. The molecule has 0 bridgehead atoms. The molecule has 0 aromatic heterocycles. The van der Waals surface area contributed by atoms with Crippen molar-refractivity contribution in [1.29, 1.82) is 0 Å². The number of amides is 2. The van der Waals surface area contributed by atoms with Crippen LogP contribution in [0.5, 0.6) is 0 Å². The van der Waals surface area contributed by atoms with E-state index in [1.165, 1.54) is 12.7 Å². The average Bonchev–Trinajstić information content (AvgIpc) is 2.46. The summed E-state index contributed by atoms with van der Waals surface area (Å²) in [5.74, 6) is -1.09. The van der Waals surface area contributed by atoms with Gasteiger partial charge in [0.1, 0.15) is 0 Å². The van der Waals surface area contributed by atoms with Gasteiger partial charge in [-0.1, -0.05) is 24.3 Å². The largest absolute Gasteiger partial charge is 0.479 e. The third kappa shape index (κ3) is 3.27. The van der Waals surface area contributed by atoms with E-state index >= 15 is 0 Å². The summed E-state index contributed by atoms with van der Waals surface area (Å²) in [6.07, 6.45) is -0.202. The van der Waals surface area contributed by atoms with Gasteiger partial charge in [-0.3, -0.25) is 0 Å². The summed E-state index contributed by atoms with van der Waals surface area (Å²) < 4.78 is 4.77. The number of ether oxygens (including phenoxy) is 1. The van der Waals surface area contributed by atoms with Gasteiger partial charge in [0.25, 0.3) is 0 Å². The van der Waals surface area contributed by atoms with Gasteiger partial charge in [0, 0.05) is 20.2 Å². The molecule has 0 aliphatic carbocycles. The Morgan fingerprint density at radius 3 is 2.75 bits per heavy atom. The monoisotopic (exact) mass is 278 g/mol. The van der Waals surface area contributed by atoms with Crippen LogP contribution in [0.4, 0.5) is 4.79 Å². The molecule has 6 heteroatoms. The Balaban J connectivity index is 1.90. The number of rotatable bonds is 4. The first kappa shape index (κ1) is 14.3. The lowest BCUT2D eigenvalue weighted by Crippen LogP contribution is -2.46. The second kappa shape index (κ2) is 6.38. The van der Waals surface area contributed by atoms with Crippen LogP contribution < -0.4 is 5.32 Å². The average molecular weight is 278 g/mol. The molecule has 0 saturated heterocycles. The van der Waals surface area contributed by atoms with Crippen LogP contribution in [0, 0.1) is 0 Å². The van der Waals surface area contributed by atoms with E-state index in [2.05, 4.69) is 11.4 Å². The van der Waals surface area contributed by atoms with Gasteiger partial charge >= 0.3 is 12.0 Å². The van der Waals surface area contributed by atoms with Crippen LogP contribution in [0.2, 0.25) is 0 Å². The van der Waals surface area contributed by atoms with Crippen molar-refractivity contribution in [3.63, 3.8) is 0 Å². The van der Waals surface area contributed by atoms with E-state index in [4.69, 9.17) is 9.84 Å². The lowest BCUT2D eigenvalue weighted by Gasteiger charge is -2.29. The van der Waals surface area contributed by atoms with E-state index in [0.717, 1.165) is 12.0 Å². The van der Waals surface area contributed by atoms with E-state index in [0.29, 0.717) is 13.1 Å². The number of carboxylic acids is 1. The van der Waals surface area contributed by atoms with Crippen molar-refractivity contribution in [3.8, 4) is 0 Å². The minimum Gasteiger partial charge on any atom is -0.479 e.